The van der Waals surface area contributed by atoms with E-state index in [2.05, 4.69) is 0 Å². The second kappa shape index (κ2) is 7.64. The zero-order valence-corrected chi connectivity index (χ0v) is 15.5. The van der Waals surface area contributed by atoms with Crippen molar-refractivity contribution in [3.05, 3.63) is 75.5 Å². The van der Waals surface area contributed by atoms with E-state index in [1.165, 1.54) is 24.3 Å². The summed E-state index contributed by atoms with van der Waals surface area (Å²) in [7, 11) is 0. The molecule has 0 atom stereocenters. The van der Waals surface area contributed by atoms with Crippen LogP contribution in [0.5, 0.6) is 0 Å². The van der Waals surface area contributed by atoms with E-state index >= 15 is 0 Å². The molecular weight excluding hydrogens is 400 g/mol. The summed E-state index contributed by atoms with van der Waals surface area (Å²) in [5, 5.41) is 10.9. The molecule has 0 aliphatic carbocycles. The molecule has 2 aromatic carbocycles. The predicted octanol–water partition coefficient (Wildman–Crippen LogP) is 2.49. The molecule has 0 unspecified atom stereocenters. The molecule has 0 saturated carbocycles. The number of nitro groups is 1. The van der Waals surface area contributed by atoms with Crippen LogP contribution < -0.4 is 4.90 Å². The molecule has 0 N–H and O–H groups in total. The Labute approximate surface area is 169 Å². The molecule has 0 aromatic heterocycles. The smallest absolute Gasteiger partial charge is 0.282 e. The Morgan fingerprint density at radius 1 is 0.933 bits per heavy atom. The van der Waals surface area contributed by atoms with Gasteiger partial charge in [-0.2, -0.15) is 0 Å². The standard InChI is InChI=1S/C20H15F2N3O5/c21-15-6-5-14(11-16(15)22)24-19(26)17(12-1-3-13(4-2-12)25(28)29)18(20(24)27)23-7-9-30-10-8-23/h1-6,11H,7-10H2. The van der Waals surface area contributed by atoms with Crippen LogP contribution in [0.1, 0.15) is 5.56 Å². The minimum Gasteiger partial charge on any atom is -0.378 e. The van der Waals surface area contributed by atoms with E-state index in [4.69, 9.17) is 4.74 Å². The molecule has 0 spiro atoms. The Kier molecular flexibility index (Phi) is 5.00. The third kappa shape index (κ3) is 3.30. The van der Waals surface area contributed by atoms with Gasteiger partial charge in [0.2, 0.25) is 0 Å². The van der Waals surface area contributed by atoms with Crippen LogP contribution in [0.3, 0.4) is 0 Å². The number of imide groups is 1. The first-order valence-electron chi connectivity index (χ1n) is 9.04. The molecule has 2 aliphatic rings. The second-order valence-corrected chi connectivity index (χ2v) is 6.67. The topological polar surface area (TPSA) is 93.0 Å². The third-order valence-electron chi connectivity index (χ3n) is 4.91. The fraction of sp³-hybridized carbons (Fsp3) is 0.200. The molecule has 1 saturated heterocycles. The van der Waals surface area contributed by atoms with Gasteiger partial charge in [0, 0.05) is 31.3 Å². The minimum absolute atomic E-state index is 0.0431. The van der Waals surface area contributed by atoms with Crippen LogP contribution in [0.2, 0.25) is 0 Å². The third-order valence-corrected chi connectivity index (χ3v) is 4.91. The Bertz CT molecular complexity index is 1080. The number of carbonyl (C=O) groups is 2. The number of ether oxygens (including phenoxy) is 1. The quantitative estimate of drug-likeness (QED) is 0.433. The Balaban J connectivity index is 1.81. The van der Waals surface area contributed by atoms with Gasteiger partial charge in [0.05, 0.1) is 29.4 Å². The summed E-state index contributed by atoms with van der Waals surface area (Å²) in [5.41, 5.74) is 0.182. The van der Waals surface area contributed by atoms with Gasteiger partial charge in [-0.1, -0.05) is 0 Å². The van der Waals surface area contributed by atoms with Crippen molar-refractivity contribution in [3.8, 4) is 0 Å². The number of amides is 2. The van der Waals surface area contributed by atoms with Crippen LogP contribution in [-0.4, -0.2) is 47.9 Å². The van der Waals surface area contributed by atoms with Gasteiger partial charge in [-0.3, -0.25) is 19.7 Å². The lowest BCUT2D eigenvalue weighted by Crippen LogP contribution is -2.40. The fourth-order valence-corrected chi connectivity index (χ4v) is 3.47. The van der Waals surface area contributed by atoms with Crippen molar-refractivity contribution in [2.45, 2.75) is 0 Å². The van der Waals surface area contributed by atoms with Crippen molar-refractivity contribution < 1.29 is 28.0 Å². The maximum absolute atomic E-state index is 13.8. The molecule has 10 heteroatoms. The highest BCUT2D eigenvalue weighted by Crippen LogP contribution is 2.36. The first kappa shape index (κ1) is 19.6. The first-order chi connectivity index (χ1) is 14.4. The number of benzene rings is 2. The molecule has 154 valence electrons. The lowest BCUT2D eigenvalue weighted by molar-refractivity contribution is -0.384. The molecule has 0 bridgehead atoms. The normalized spacial score (nSPS) is 17.1. The van der Waals surface area contributed by atoms with Crippen LogP contribution >= 0.6 is 0 Å². The van der Waals surface area contributed by atoms with Crippen molar-refractivity contribution >= 4 is 28.8 Å². The molecule has 2 aromatic rings. The Hall–Kier alpha value is -3.66. The zero-order chi connectivity index (χ0) is 21.4. The maximum Gasteiger partial charge on any atom is 0.282 e. The number of rotatable bonds is 4. The van der Waals surface area contributed by atoms with Crippen LogP contribution in [0.25, 0.3) is 5.57 Å². The lowest BCUT2D eigenvalue weighted by atomic mass is 10.0. The molecule has 2 amide bonds. The van der Waals surface area contributed by atoms with Crippen LogP contribution in [0, 0.1) is 21.7 Å². The first-order valence-corrected chi connectivity index (χ1v) is 9.04. The number of non-ortho nitro benzene ring substituents is 1. The van der Waals surface area contributed by atoms with Crippen LogP contribution in [-0.2, 0) is 14.3 Å². The van der Waals surface area contributed by atoms with Gasteiger partial charge in [0.15, 0.2) is 11.6 Å². The number of nitrogens with zero attached hydrogens (tertiary/aromatic N) is 3. The Morgan fingerprint density at radius 2 is 1.60 bits per heavy atom. The zero-order valence-electron chi connectivity index (χ0n) is 15.5. The minimum atomic E-state index is -1.19. The van der Waals surface area contributed by atoms with Crippen molar-refractivity contribution in [2.75, 3.05) is 31.2 Å². The van der Waals surface area contributed by atoms with Gasteiger partial charge in [-0.25, -0.2) is 13.7 Å². The highest BCUT2D eigenvalue weighted by molar-refractivity contribution is 6.45. The highest BCUT2D eigenvalue weighted by Gasteiger charge is 2.43. The monoisotopic (exact) mass is 415 g/mol. The highest BCUT2D eigenvalue weighted by atomic mass is 19.2. The van der Waals surface area contributed by atoms with Crippen molar-refractivity contribution in [1.29, 1.82) is 0 Å². The molecule has 8 nitrogen and oxygen atoms in total. The molecule has 2 heterocycles. The largest absolute Gasteiger partial charge is 0.378 e. The summed E-state index contributed by atoms with van der Waals surface area (Å²) < 4.78 is 32.4. The summed E-state index contributed by atoms with van der Waals surface area (Å²) in [6.07, 6.45) is 0. The number of carbonyl (C=O) groups excluding carboxylic acids is 2. The van der Waals surface area contributed by atoms with Gasteiger partial charge >= 0.3 is 0 Å². The average molecular weight is 415 g/mol. The summed E-state index contributed by atoms with van der Waals surface area (Å²) in [6, 6.07) is 7.99. The van der Waals surface area contributed by atoms with Crippen molar-refractivity contribution in [3.63, 3.8) is 0 Å². The van der Waals surface area contributed by atoms with Gasteiger partial charge in [-0.05, 0) is 29.8 Å². The number of hydrogen-bond donors (Lipinski definition) is 0. The van der Waals surface area contributed by atoms with Gasteiger partial charge in [0.25, 0.3) is 17.5 Å². The summed E-state index contributed by atoms with van der Waals surface area (Å²) >= 11 is 0. The summed E-state index contributed by atoms with van der Waals surface area (Å²) in [6.45, 7) is 1.42. The lowest BCUT2D eigenvalue weighted by Gasteiger charge is -2.29. The summed E-state index contributed by atoms with van der Waals surface area (Å²) in [5.74, 6) is -3.69. The SMILES string of the molecule is O=C1C(c2ccc([N+](=O)[O-])cc2)=C(N2CCOCC2)C(=O)N1c1ccc(F)c(F)c1. The number of nitro benzene ring substituents is 1. The van der Waals surface area contributed by atoms with Crippen LogP contribution in [0.4, 0.5) is 20.2 Å². The molecule has 4 rings (SSSR count). The van der Waals surface area contributed by atoms with Gasteiger partial charge in [0.1, 0.15) is 5.70 Å². The van der Waals surface area contributed by atoms with E-state index in [9.17, 15) is 28.5 Å². The number of hydrogen-bond acceptors (Lipinski definition) is 6. The predicted molar refractivity (Wildman–Crippen MR) is 101 cm³/mol. The van der Waals surface area contributed by atoms with E-state index in [1.807, 2.05) is 0 Å². The fourth-order valence-electron chi connectivity index (χ4n) is 3.47. The van der Waals surface area contributed by atoms with Crippen molar-refractivity contribution in [2.24, 2.45) is 0 Å². The van der Waals surface area contributed by atoms with E-state index in [1.54, 1.807) is 4.90 Å². The van der Waals surface area contributed by atoms with Gasteiger partial charge < -0.3 is 9.64 Å². The summed E-state index contributed by atoms with van der Waals surface area (Å²) in [4.78, 5) is 39.3. The number of halogens is 2. The molecule has 1 fully saturated rings. The number of anilines is 1. The van der Waals surface area contributed by atoms with E-state index in [-0.39, 0.29) is 22.6 Å². The Morgan fingerprint density at radius 3 is 2.20 bits per heavy atom. The van der Waals surface area contributed by atoms with Crippen LogP contribution in [0.15, 0.2) is 48.2 Å². The molecular formula is C20H15F2N3O5. The van der Waals surface area contributed by atoms with E-state index < -0.39 is 28.4 Å². The van der Waals surface area contributed by atoms with Gasteiger partial charge in [-0.15, -0.1) is 0 Å². The molecule has 30 heavy (non-hydrogen) atoms. The van der Waals surface area contributed by atoms with E-state index in [0.29, 0.717) is 31.9 Å². The average Bonchev–Trinajstić information content (AvgIpc) is 3.01. The maximum atomic E-state index is 13.8. The number of morpholine rings is 1. The molecule has 0 radical (unpaired) electrons. The van der Waals surface area contributed by atoms with Crippen molar-refractivity contribution in [1.82, 2.24) is 4.90 Å². The second-order valence-electron chi connectivity index (χ2n) is 6.67. The van der Waals surface area contributed by atoms with E-state index in [0.717, 1.165) is 23.1 Å². The molecule has 2 aliphatic heterocycles.